The summed E-state index contributed by atoms with van der Waals surface area (Å²) in [6, 6.07) is 0. The van der Waals surface area contributed by atoms with Crippen molar-refractivity contribution in [2.24, 2.45) is 0 Å². The molecule has 4 nitrogen and oxygen atoms in total. The molecule has 0 aromatic rings. The summed E-state index contributed by atoms with van der Waals surface area (Å²) in [7, 11) is 0. The Balaban J connectivity index is 2.26. The van der Waals surface area contributed by atoms with Gasteiger partial charge in [-0.25, -0.2) is 4.79 Å². The molecule has 0 spiro atoms. The second-order valence-electron chi connectivity index (χ2n) is 2.99. The Labute approximate surface area is 95.8 Å². The lowest BCUT2D eigenvalue weighted by Crippen LogP contribution is -2.59. The number of nitrogens with one attached hydrogen (secondary N) is 1. The molecule has 0 aromatic heterocycles. The van der Waals surface area contributed by atoms with Gasteiger partial charge in [0, 0.05) is 24.6 Å². The molecule has 78 valence electrons. The molecular formula is C7H10N2O2S3. The summed E-state index contributed by atoms with van der Waals surface area (Å²) >= 11 is 8.10. The van der Waals surface area contributed by atoms with E-state index >= 15 is 0 Å². The number of thiocarbonyl (C=S) groups is 1. The molecule has 14 heavy (non-hydrogen) atoms. The van der Waals surface area contributed by atoms with Crippen molar-refractivity contribution in [3.8, 4) is 0 Å². The van der Waals surface area contributed by atoms with E-state index in [1.807, 2.05) is 0 Å². The van der Waals surface area contributed by atoms with E-state index in [9.17, 15) is 9.90 Å². The predicted octanol–water partition coefficient (Wildman–Crippen LogP) is 0.395. The van der Waals surface area contributed by atoms with Crippen LogP contribution < -0.4 is 5.32 Å². The van der Waals surface area contributed by atoms with Crippen LogP contribution in [0.15, 0.2) is 0 Å². The van der Waals surface area contributed by atoms with Gasteiger partial charge in [-0.15, -0.1) is 11.8 Å². The Morgan fingerprint density at radius 2 is 2.43 bits per heavy atom. The lowest BCUT2D eigenvalue weighted by molar-refractivity contribution is -0.144. The Morgan fingerprint density at radius 1 is 1.64 bits per heavy atom. The van der Waals surface area contributed by atoms with Gasteiger partial charge in [-0.3, -0.25) is 5.32 Å². The minimum absolute atomic E-state index is 0.689. The van der Waals surface area contributed by atoms with Crippen molar-refractivity contribution in [2.45, 2.75) is 4.99 Å². The lowest BCUT2D eigenvalue weighted by Gasteiger charge is -2.34. The molecule has 0 aliphatic carbocycles. The monoisotopic (exact) mass is 250 g/mol. The smallest absolute Gasteiger partial charge is 0.356 e. The number of hydrogen-bond acceptors (Lipinski definition) is 5. The molecule has 2 rings (SSSR count). The van der Waals surface area contributed by atoms with Gasteiger partial charge in [-0.05, 0) is 0 Å². The number of carbonyl (C=O) groups is 1. The van der Waals surface area contributed by atoms with Crippen LogP contribution in [0.1, 0.15) is 0 Å². The summed E-state index contributed by atoms with van der Waals surface area (Å²) < 4.78 is 0.689. The fraction of sp³-hybridized carbons (Fsp3) is 0.714. The average Bonchev–Trinajstić information content (AvgIpc) is 2.72. The van der Waals surface area contributed by atoms with Crippen LogP contribution >= 0.6 is 35.7 Å². The van der Waals surface area contributed by atoms with E-state index in [4.69, 9.17) is 12.2 Å². The van der Waals surface area contributed by atoms with E-state index in [0.29, 0.717) is 4.32 Å². The highest BCUT2D eigenvalue weighted by Crippen LogP contribution is 2.36. The van der Waals surface area contributed by atoms with Crippen LogP contribution in [0.25, 0.3) is 0 Å². The fourth-order valence-corrected chi connectivity index (χ4v) is 4.17. The Hall–Kier alpha value is 0.0200. The summed E-state index contributed by atoms with van der Waals surface area (Å²) in [5.74, 6) is 0.858. The molecule has 0 bridgehead atoms. The molecule has 2 aliphatic rings. The van der Waals surface area contributed by atoms with Gasteiger partial charge >= 0.3 is 5.97 Å². The van der Waals surface area contributed by atoms with Crippen LogP contribution in [-0.2, 0) is 4.79 Å². The lowest BCUT2D eigenvalue weighted by atomic mass is 10.4. The van der Waals surface area contributed by atoms with Crippen molar-refractivity contribution in [3.05, 3.63) is 0 Å². The van der Waals surface area contributed by atoms with Crippen molar-refractivity contribution >= 4 is 46.0 Å². The molecule has 7 heteroatoms. The van der Waals surface area contributed by atoms with E-state index in [1.54, 1.807) is 16.7 Å². The van der Waals surface area contributed by atoms with Gasteiger partial charge in [0.1, 0.15) is 4.32 Å². The highest BCUT2D eigenvalue weighted by molar-refractivity contribution is 8.23. The number of thioether (sulfide) groups is 2. The molecular weight excluding hydrogens is 240 g/mol. The summed E-state index contributed by atoms with van der Waals surface area (Å²) in [6.45, 7) is 1.44. The molecule has 2 aliphatic heterocycles. The predicted molar refractivity (Wildman–Crippen MR) is 62.6 cm³/mol. The average molecular weight is 250 g/mol. The maximum atomic E-state index is 11.3. The summed E-state index contributed by atoms with van der Waals surface area (Å²) in [6.07, 6.45) is 0. The molecule has 2 saturated heterocycles. The zero-order valence-electron chi connectivity index (χ0n) is 7.36. The van der Waals surface area contributed by atoms with Gasteiger partial charge in [-0.2, -0.15) is 0 Å². The minimum Gasteiger partial charge on any atom is -0.478 e. The van der Waals surface area contributed by atoms with Crippen molar-refractivity contribution < 1.29 is 9.90 Å². The molecule has 2 N–H and O–H groups in total. The second-order valence-corrected chi connectivity index (χ2v) is 6.01. The van der Waals surface area contributed by atoms with Crippen molar-refractivity contribution in [2.75, 3.05) is 24.6 Å². The summed E-state index contributed by atoms with van der Waals surface area (Å²) in [5, 5.41) is 12.3. The van der Waals surface area contributed by atoms with Gasteiger partial charge in [0.15, 0.2) is 0 Å². The van der Waals surface area contributed by atoms with E-state index in [1.165, 1.54) is 11.8 Å². The number of carboxylic acid groups (broad SMARTS) is 1. The molecule has 0 aromatic carbocycles. The third kappa shape index (κ3) is 1.52. The second kappa shape index (κ2) is 3.88. The molecule has 1 atom stereocenters. The Morgan fingerprint density at radius 3 is 2.86 bits per heavy atom. The maximum Gasteiger partial charge on any atom is 0.356 e. The number of hydrogen-bond donors (Lipinski definition) is 2. The van der Waals surface area contributed by atoms with Crippen LogP contribution in [0.5, 0.6) is 0 Å². The zero-order chi connectivity index (χ0) is 10.2. The Kier molecular flexibility index (Phi) is 2.92. The molecule has 2 fully saturated rings. The normalized spacial score (nSPS) is 32.6. The van der Waals surface area contributed by atoms with Crippen molar-refractivity contribution in [3.63, 3.8) is 0 Å². The molecule has 2 heterocycles. The SMILES string of the molecule is O=C(O)C1(N2CCSC2=S)NCCS1. The van der Waals surface area contributed by atoms with E-state index in [2.05, 4.69) is 5.32 Å². The first-order valence-corrected chi connectivity index (χ1v) is 6.61. The van der Waals surface area contributed by atoms with Crippen LogP contribution in [0, 0.1) is 0 Å². The van der Waals surface area contributed by atoms with Crippen LogP contribution in [0.4, 0.5) is 0 Å². The number of nitrogens with zero attached hydrogens (tertiary/aromatic N) is 1. The van der Waals surface area contributed by atoms with Gasteiger partial charge in [-0.1, -0.05) is 24.0 Å². The van der Waals surface area contributed by atoms with Gasteiger partial charge in [0.25, 0.3) is 0 Å². The summed E-state index contributed by atoms with van der Waals surface area (Å²) in [5.41, 5.74) is 0. The van der Waals surface area contributed by atoms with Crippen molar-refractivity contribution in [1.29, 1.82) is 0 Å². The van der Waals surface area contributed by atoms with Gasteiger partial charge in [0.2, 0.25) is 4.99 Å². The van der Waals surface area contributed by atoms with E-state index < -0.39 is 11.0 Å². The molecule has 0 amide bonds. The third-order valence-electron chi connectivity index (χ3n) is 2.21. The first kappa shape index (κ1) is 10.5. The first-order valence-electron chi connectivity index (χ1n) is 4.23. The van der Waals surface area contributed by atoms with Crippen LogP contribution in [0.2, 0.25) is 0 Å². The quantitative estimate of drug-likeness (QED) is 0.688. The Bertz CT molecular complexity index is 278. The third-order valence-corrected chi connectivity index (χ3v) is 5.00. The first-order chi connectivity index (χ1) is 6.67. The standard InChI is InChI=1S/C7H10N2O2S3/c10-5(11)7(8-1-3-14-7)9-2-4-13-6(9)12/h8H,1-4H2,(H,10,11). The van der Waals surface area contributed by atoms with E-state index in [0.717, 1.165) is 24.6 Å². The van der Waals surface area contributed by atoms with Crippen LogP contribution in [0.3, 0.4) is 0 Å². The molecule has 0 radical (unpaired) electrons. The highest BCUT2D eigenvalue weighted by atomic mass is 32.2. The number of rotatable bonds is 2. The fourth-order valence-electron chi connectivity index (χ4n) is 1.58. The topological polar surface area (TPSA) is 52.6 Å². The summed E-state index contributed by atoms with van der Waals surface area (Å²) in [4.78, 5) is 12.0. The maximum absolute atomic E-state index is 11.3. The van der Waals surface area contributed by atoms with Gasteiger partial charge in [0.05, 0.1) is 0 Å². The molecule has 1 unspecified atom stereocenters. The largest absolute Gasteiger partial charge is 0.478 e. The number of aliphatic carboxylic acids is 1. The number of carboxylic acids is 1. The van der Waals surface area contributed by atoms with Gasteiger partial charge < -0.3 is 10.0 Å². The van der Waals surface area contributed by atoms with Crippen molar-refractivity contribution in [1.82, 2.24) is 10.2 Å². The zero-order valence-corrected chi connectivity index (χ0v) is 9.81. The van der Waals surface area contributed by atoms with Crippen LogP contribution in [-0.4, -0.2) is 49.9 Å². The minimum atomic E-state index is -0.999. The highest BCUT2D eigenvalue weighted by Gasteiger charge is 2.50. The molecule has 0 saturated carbocycles. The van der Waals surface area contributed by atoms with E-state index in [-0.39, 0.29) is 0 Å².